The molecule has 4 nitrogen and oxygen atoms in total. The lowest BCUT2D eigenvalue weighted by Gasteiger charge is -2.30. The highest BCUT2D eigenvalue weighted by Crippen LogP contribution is 2.25. The Morgan fingerprint density at radius 2 is 2.05 bits per heavy atom. The zero-order valence-electron chi connectivity index (χ0n) is 11.4. The van der Waals surface area contributed by atoms with Crippen molar-refractivity contribution in [1.29, 1.82) is 0 Å². The van der Waals surface area contributed by atoms with Crippen LogP contribution in [0.15, 0.2) is 18.2 Å². The molecule has 19 heavy (non-hydrogen) atoms. The van der Waals surface area contributed by atoms with E-state index in [1.807, 2.05) is 13.8 Å². The molecule has 5 heteroatoms. The number of benzene rings is 1. The second-order valence-corrected chi connectivity index (χ2v) is 4.78. The van der Waals surface area contributed by atoms with Crippen LogP contribution in [0.1, 0.15) is 37.0 Å². The molecule has 0 aliphatic heterocycles. The van der Waals surface area contributed by atoms with E-state index in [1.54, 1.807) is 23.1 Å². The third-order valence-electron chi connectivity index (χ3n) is 3.24. The van der Waals surface area contributed by atoms with E-state index >= 15 is 0 Å². The molecule has 1 aromatic carbocycles. The lowest BCUT2D eigenvalue weighted by atomic mass is 10.1. The van der Waals surface area contributed by atoms with Gasteiger partial charge in [0.15, 0.2) is 0 Å². The minimum Gasteiger partial charge on any atom is -0.398 e. The minimum absolute atomic E-state index is 0.0673. The Labute approximate surface area is 119 Å². The van der Waals surface area contributed by atoms with Gasteiger partial charge in [-0.2, -0.15) is 0 Å². The summed E-state index contributed by atoms with van der Waals surface area (Å²) in [5.74, 6) is -0.181. The van der Waals surface area contributed by atoms with E-state index in [0.29, 0.717) is 17.8 Å². The van der Waals surface area contributed by atoms with Gasteiger partial charge in [0.1, 0.15) is 0 Å². The van der Waals surface area contributed by atoms with E-state index < -0.39 is 0 Å². The number of halogens is 1. The summed E-state index contributed by atoms with van der Waals surface area (Å²) in [6, 6.07) is 5.12. The van der Waals surface area contributed by atoms with Crippen molar-refractivity contribution in [2.45, 2.75) is 32.7 Å². The monoisotopic (exact) mass is 284 g/mol. The van der Waals surface area contributed by atoms with Crippen molar-refractivity contribution in [2.24, 2.45) is 0 Å². The number of nitrogens with two attached hydrogens (primary N) is 1. The van der Waals surface area contributed by atoms with Crippen molar-refractivity contribution in [1.82, 2.24) is 4.90 Å². The van der Waals surface area contributed by atoms with Crippen molar-refractivity contribution < 1.29 is 9.90 Å². The number of amides is 1. The summed E-state index contributed by atoms with van der Waals surface area (Å²) < 4.78 is 0. The van der Waals surface area contributed by atoms with Crippen LogP contribution >= 0.6 is 11.6 Å². The first-order valence-electron chi connectivity index (χ1n) is 6.52. The van der Waals surface area contributed by atoms with Gasteiger partial charge in [-0.1, -0.05) is 31.5 Å². The van der Waals surface area contributed by atoms with Gasteiger partial charge in [-0.05, 0) is 25.0 Å². The van der Waals surface area contributed by atoms with Gasteiger partial charge in [0.25, 0.3) is 5.91 Å². The smallest absolute Gasteiger partial charge is 0.255 e. The third kappa shape index (κ3) is 3.61. The maximum Gasteiger partial charge on any atom is 0.255 e. The average Bonchev–Trinajstić information content (AvgIpc) is 2.41. The number of carbonyl (C=O) groups excluding carboxylic acids is 1. The molecule has 1 amide bonds. The van der Waals surface area contributed by atoms with Crippen LogP contribution in [0.25, 0.3) is 0 Å². The van der Waals surface area contributed by atoms with Crippen LogP contribution in [-0.2, 0) is 0 Å². The second-order valence-electron chi connectivity index (χ2n) is 4.40. The maximum atomic E-state index is 12.5. The van der Waals surface area contributed by atoms with Gasteiger partial charge in [-0.3, -0.25) is 4.79 Å². The number of rotatable bonds is 6. The second kappa shape index (κ2) is 7.36. The molecule has 0 saturated carbocycles. The molecule has 0 aliphatic carbocycles. The largest absolute Gasteiger partial charge is 0.398 e. The molecule has 0 aliphatic rings. The quantitative estimate of drug-likeness (QED) is 0.789. The highest BCUT2D eigenvalue weighted by atomic mass is 35.5. The number of anilines is 1. The summed E-state index contributed by atoms with van der Waals surface area (Å²) in [4.78, 5) is 14.2. The van der Waals surface area contributed by atoms with Crippen molar-refractivity contribution in [3.8, 4) is 0 Å². The Kier molecular flexibility index (Phi) is 6.12. The predicted molar refractivity (Wildman–Crippen MR) is 78.4 cm³/mol. The molecule has 0 atom stereocenters. The van der Waals surface area contributed by atoms with Gasteiger partial charge in [-0.15, -0.1) is 0 Å². The zero-order chi connectivity index (χ0) is 14.4. The molecule has 0 heterocycles. The third-order valence-corrected chi connectivity index (χ3v) is 3.67. The van der Waals surface area contributed by atoms with Crippen molar-refractivity contribution in [2.75, 3.05) is 18.9 Å². The SMILES string of the molecule is CCC(CC)N(CCO)C(=O)c1cccc(N)c1Cl. The fourth-order valence-electron chi connectivity index (χ4n) is 2.16. The molecular formula is C14H21ClN2O2. The Bertz CT molecular complexity index is 433. The van der Waals surface area contributed by atoms with Crippen LogP contribution < -0.4 is 5.73 Å². The molecule has 3 N–H and O–H groups in total. The predicted octanol–water partition coefficient (Wildman–Crippen LogP) is 2.55. The van der Waals surface area contributed by atoms with Crippen LogP contribution in [0.4, 0.5) is 5.69 Å². The minimum atomic E-state index is -0.181. The molecule has 0 aromatic heterocycles. The summed E-state index contributed by atoms with van der Waals surface area (Å²) >= 11 is 6.09. The normalized spacial score (nSPS) is 10.8. The summed E-state index contributed by atoms with van der Waals surface area (Å²) in [6.45, 7) is 4.28. The molecule has 0 saturated heterocycles. The molecule has 0 unspecified atom stereocenters. The standard InChI is InChI=1S/C14H21ClN2O2/c1-3-10(4-2)17(8-9-18)14(19)11-6-5-7-12(16)13(11)15/h5-7,10,18H,3-4,8-9,16H2,1-2H3. The van der Waals surface area contributed by atoms with Crippen LogP contribution in [0.2, 0.25) is 5.02 Å². The lowest BCUT2D eigenvalue weighted by molar-refractivity contribution is 0.0622. The molecule has 106 valence electrons. The number of hydrogen-bond donors (Lipinski definition) is 2. The fourth-order valence-corrected chi connectivity index (χ4v) is 2.36. The van der Waals surface area contributed by atoms with Gasteiger partial charge in [0.05, 0.1) is 22.9 Å². The number of aliphatic hydroxyl groups is 1. The summed E-state index contributed by atoms with van der Waals surface area (Å²) in [5, 5.41) is 9.42. The van der Waals surface area contributed by atoms with E-state index in [2.05, 4.69) is 0 Å². The van der Waals surface area contributed by atoms with Gasteiger partial charge in [0, 0.05) is 12.6 Å². The Morgan fingerprint density at radius 1 is 1.42 bits per heavy atom. The molecule has 0 spiro atoms. The number of carbonyl (C=O) groups is 1. The number of hydrogen-bond acceptors (Lipinski definition) is 3. The van der Waals surface area contributed by atoms with E-state index in [-0.39, 0.29) is 23.6 Å². The molecule has 1 aromatic rings. The zero-order valence-corrected chi connectivity index (χ0v) is 12.2. The molecule has 0 bridgehead atoms. The summed E-state index contributed by atoms with van der Waals surface area (Å²) in [7, 11) is 0. The van der Waals surface area contributed by atoms with E-state index in [1.165, 1.54) is 0 Å². The number of nitrogens with zero attached hydrogens (tertiary/aromatic N) is 1. The first kappa shape index (κ1) is 15.8. The van der Waals surface area contributed by atoms with Crippen molar-refractivity contribution in [3.63, 3.8) is 0 Å². The summed E-state index contributed by atoms with van der Waals surface area (Å²) in [5.41, 5.74) is 6.50. The van der Waals surface area contributed by atoms with Crippen LogP contribution in [0.5, 0.6) is 0 Å². The number of aliphatic hydroxyl groups excluding tert-OH is 1. The van der Waals surface area contributed by atoms with Crippen molar-refractivity contribution in [3.05, 3.63) is 28.8 Å². The molecular weight excluding hydrogens is 264 g/mol. The first-order chi connectivity index (χ1) is 9.06. The Balaban J connectivity index is 3.08. The maximum absolute atomic E-state index is 12.5. The van der Waals surface area contributed by atoms with Crippen molar-refractivity contribution >= 4 is 23.2 Å². The average molecular weight is 285 g/mol. The molecule has 0 fully saturated rings. The lowest BCUT2D eigenvalue weighted by Crippen LogP contribution is -2.41. The van der Waals surface area contributed by atoms with Gasteiger partial charge < -0.3 is 15.7 Å². The van der Waals surface area contributed by atoms with Crippen LogP contribution in [-0.4, -0.2) is 35.1 Å². The Morgan fingerprint density at radius 3 is 2.58 bits per heavy atom. The highest BCUT2D eigenvalue weighted by molar-refractivity contribution is 6.36. The first-order valence-corrected chi connectivity index (χ1v) is 6.90. The van der Waals surface area contributed by atoms with Crippen LogP contribution in [0.3, 0.4) is 0 Å². The fraction of sp³-hybridized carbons (Fsp3) is 0.500. The van der Waals surface area contributed by atoms with Gasteiger partial charge in [-0.25, -0.2) is 0 Å². The van der Waals surface area contributed by atoms with E-state index in [0.717, 1.165) is 12.8 Å². The highest BCUT2D eigenvalue weighted by Gasteiger charge is 2.24. The molecule has 1 rings (SSSR count). The van der Waals surface area contributed by atoms with E-state index in [9.17, 15) is 4.79 Å². The van der Waals surface area contributed by atoms with Crippen LogP contribution in [0, 0.1) is 0 Å². The van der Waals surface area contributed by atoms with E-state index in [4.69, 9.17) is 22.4 Å². The number of nitrogen functional groups attached to an aromatic ring is 1. The summed E-state index contributed by atoms with van der Waals surface area (Å²) in [6.07, 6.45) is 1.67. The topological polar surface area (TPSA) is 66.6 Å². The Hall–Kier alpha value is -1.26. The van der Waals surface area contributed by atoms with Gasteiger partial charge in [0.2, 0.25) is 0 Å². The molecule has 0 radical (unpaired) electrons. The van der Waals surface area contributed by atoms with Gasteiger partial charge >= 0.3 is 0 Å².